The van der Waals surface area contributed by atoms with Gasteiger partial charge in [-0.1, -0.05) is 48.0 Å². The lowest BCUT2D eigenvalue weighted by molar-refractivity contribution is 0.0457. The highest BCUT2D eigenvalue weighted by atomic mass is 16.7. The van der Waals surface area contributed by atoms with Gasteiger partial charge < -0.3 is 9.47 Å². The molecule has 3 rings (SSSR count). The minimum absolute atomic E-state index is 0.0841. The van der Waals surface area contributed by atoms with Crippen LogP contribution in [0, 0.1) is 0 Å². The molecule has 0 bridgehead atoms. The molecule has 0 spiro atoms. The fraction of sp³-hybridized carbons (Fsp3) is 0.263. The smallest absolute Gasteiger partial charge is 0.431 e. The summed E-state index contributed by atoms with van der Waals surface area (Å²) >= 11 is 0. The number of nitrogens with zero attached hydrogens (tertiary/aromatic N) is 1. The van der Waals surface area contributed by atoms with Crippen molar-refractivity contribution in [1.29, 1.82) is 0 Å². The molecule has 0 saturated heterocycles. The Morgan fingerprint density at radius 2 is 1.78 bits per heavy atom. The van der Waals surface area contributed by atoms with Gasteiger partial charge in [-0.3, -0.25) is 0 Å². The summed E-state index contributed by atoms with van der Waals surface area (Å²) in [4.78, 5) is 15.7. The van der Waals surface area contributed by atoms with Crippen molar-refractivity contribution < 1.29 is 14.3 Å². The SMILES string of the molecule is O=C(Oc1ccccn1)OC1CCC(=Cc2ccccc2)CC1. The number of hydrogen-bond donors (Lipinski definition) is 0. The number of pyridine rings is 1. The molecule has 1 aromatic heterocycles. The molecular weight excluding hydrogens is 290 g/mol. The monoisotopic (exact) mass is 309 g/mol. The van der Waals surface area contributed by atoms with E-state index in [1.165, 1.54) is 11.1 Å². The predicted molar refractivity (Wildman–Crippen MR) is 88.0 cm³/mol. The molecule has 1 fully saturated rings. The van der Waals surface area contributed by atoms with Crippen LogP contribution in [0.4, 0.5) is 4.79 Å². The Balaban J connectivity index is 1.47. The molecule has 4 heteroatoms. The number of hydrogen-bond acceptors (Lipinski definition) is 4. The Morgan fingerprint density at radius 1 is 1.04 bits per heavy atom. The minimum atomic E-state index is -0.677. The molecule has 0 N–H and O–H groups in total. The summed E-state index contributed by atoms with van der Waals surface area (Å²) in [6.07, 6.45) is 6.58. The third kappa shape index (κ3) is 4.68. The van der Waals surface area contributed by atoms with E-state index in [2.05, 4.69) is 23.2 Å². The fourth-order valence-electron chi connectivity index (χ4n) is 2.66. The summed E-state index contributed by atoms with van der Waals surface area (Å²) in [5.41, 5.74) is 2.62. The Labute approximate surface area is 135 Å². The lowest BCUT2D eigenvalue weighted by Gasteiger charge is -2.23. The quantitative estimate of drug-likeness (QED) is 0.776. The zero-order chi connectivity index (χ0) is 15.9. The molecule has 23 heavy (non-hydrogen) atoms. The van der Waals surface area contributed by atoms with Crippen LogP contribution in [0.3, 0.4) is 0 Å². The van der Waals surface area contributed by atoms with Crippen LogP contribution in [0.1, 0.15) is 31.2 Å². The Kier molecular flexibility index (Phi) is 5.04. The number of rotatable bonds is 3. The molecule has 0 atom stereocenters. The van der Waals surface area contributed by atoms with E-state index in [4.69, 9.17) is 9.47 Å². The van der Waals surface area contributed by atoms with Gasteiger partial charge in [0.1, 0.15) is 6.10 Å². The Bertz CT molecular complexity index is 658. The lowest BCUT2D eigenvalue weighted by atomic mass is 9.91. The Hall–Kier alpha value is -2.62. The number of carbonyl (C=O) groups is 1. The predicted octanol–water partition coefficient (Wildman–Crippen LogP) is 4.62. The normalized spacial score (nSPS) is 17.4. The van der Waals surface area contributed by atoms with Crippen LogP contribution in [0.2, 0.25) is 0 Å². The van der Waals surface area contributed by atoms with Crippen molar-refractivity contribution in [2.24, 2.45) is 0 Å². The topological polar surface area (TPSA) is 48.4 Å². The second kappa shape index (κ2) is 7.58. The van der Waals surface area contributed by atoms with E-state index in [0.717, 1.165) is 25.7 Å². The van der Waals surface area contributed by atoms with Crippen molar-refractivity contribution in [3.8, 4) is 5.88 Å². The van der Waals surface area contributed by atoms with Crippen molar-refractivity contribution in [3.63, 3.8) is 0 Å². The molecule has 2 aromatic rings. The van der Waals surface area contributed by atoms with E-state index < -0.39 is 6.16 Å². The highest BCUT2D eigenvalue weighted by Crippen LogP contribution is 2.27. The first kappa shape index (κ1) is 15.3. The summed E-state index contributed by atoms with van der Waals surface area (Å²) in [5, 5.41) is 0. The van der Waals surface area contributed by atoms with Crippen molar-refractivity contribution >= 4 is 12.2 Å². The van der Waals surface area contributed by atoms with Crippen LogP contribution in [0.15, 0.2) is 60.3 Å². The molecule has 1 aliphatic rings. The fourth-order valence-corrected chi connectivity index (χ4v) is 2.66. The number of benzene rings is 1. The lowest BCUT2D eigenvalue weighted by Crippen LogP contribution is -2.23. The molecule has 1 saturated carbocycles. The summed E-state index contributed by atoms with van der Waals surface area (Å²) in [7, 11) is 0. The first-order valence-electron chi connectivity index (χ1n) is 7.83. The van der Waals surface area contributed by atoms with E-state index in [0.29, 0.717) is 0 Å². The van der Waals surface area contributed by atoms with Gasteiger partial charge in [0.15, 0.2) is 0 Å². The highest BCUT2D eigenvalue weighted by Gasteiger charge is 2.21. The van der Waals surface area contributed by atoms with E-state index in [1.807, 2.05) is 18.2 Å². The van der Waals surface area contributed by atoms with Crippen LogP contribution >= 0.6 is 0 Å². The van der Waals surface area contributed by atoms with Gasteiger partial charge >= 0.3 is 6.16 Å². The minimum Gasteiger partial charge on any atom is -0.431 e. The summed E-state index contributed by atoms with van der Waals surface area (Å²) in [5.74, 6) is 0.262. The van der Waals surface area contributed by atoms with Gasteiger partial charge in [0.05, 0.1) is 0 Å². The molecule has 1 aromatic carbocycles. The van der Waals surface area contributed by atoms with Crippen LogP contribution < -0.4 is 4.74 Å². The van der Waals surface area contributed by atoms with E-state index in [-0.39, 0.29) is 12.0 Å². The molecule has 1 aliphatic carbocycles. The van der Waals surface area contributed by atoms with Crippen LogP contribution in [0.25, 0.3) is 6.08 Å². The second-order valence-corrected chi connectivity index (χ2v) is 5.55. The average Bonchev–Trinajstić information content (AvgIpc) is 2.58. The van der Waals surface area contributed by atoms with Crippen molar-refractivity contribution in [2.75, 3.05) is 0 Å². The third-order valence-electron chi connectivity index (χ3n) is 3.83. The molecule has 118 valence electrons. The summed E-state index contributed by atoms with van der Waals surface area (Å²) in [6.45, 7) is 0. The number of allylic oxidation sites excluding steroid dienone is 1. The van der Waals surface area contributed by atoms with Gasteiger partial charge in [-0.25, -0.2) is 9.78 Å². The zero-order valence-electron chi connectivity index (χ0n) is 12.9. The number of ether oxygens (including phenoxy) is 2. The molecule has 0 aliphatic heterocycles. The molecule has 0 radical (unpaired) electrons. The van der Waals surface area contributed by atoms with Crippen molar-refractivity contribution in [3.05, 3.63) is 65.9 Å². The highest BCUT2D eigenvalue weighted by molar-refractivity contribution is 5.63. The molecule has 0 amide bonds. The van der Waals surface area contributed by atoms with Gasteiger partial charge in [-0.05, 0) is 37.3 Å². The summed E-state index contributed by atoms with van der Waals surface area (Å²) in [6, 6.07) is 15.4. The van der Waals surface area contributed by atoms with Gasteiger partial charge in [-0.2, -0.15) is 0 Å². The maximum absolute atomic E-state index is 11.8. The average molecular weight is 309 g/mol. The maximum Gasteiger partial charge on any atom is 0.515 e. The van der Waals surface area contributed by atoms with Crippen LogP contribution in [-0.2, 0) is 4.74 Å². The van der Waals surface area contributed by atoms with Crippen LogP contribution in [0.5, 0.6) is 5.88 Å². The zero-order valence-corrected chi connectivity index (χ0v) is 12.9. The van der Waals surface area contributed by atoms with E-state index in [1.54, 1.807) is 24.4 Å². The standard InChI is InChI=1S/C19H19NO3/c21-19(23-18-8-4-5-13-20-18)22-17-11-9-16(10-12-17)14-15-6-2-1-3-7-15/h1-8,13-14,17H,9-12H2. The third-order valence-corrected chi connectivity index (χ3v) is 3.83. The molecule has 0 unspecified atom stereocenters. The summed E-state index contributed by atoms with van der Waals surface area (Å²) < 4.78 is 10.4. The number of carbonyl (C=O) groups excluding carboxylic acids is 1. The van der Waals surface area contributed by atoms with Crippen molar-refractivity contribution in [1.82, 2.24) is 4.98 Å². The Morgan fingerprint density at radius 3 is 2.48 bits per heavy atom. The van der Waals surface area contributed by atoms with E-state index >= 15 is 0 Å². The van der Waals surface area contributed by atoms with Gasteiger partial charge in [-0.15, -0.1) is 0 Å². The van der Waals surface area contributed by atoms with E-state index in [9.17, 15) is 4.79 Å². The van der Waals surface area contributed by atoms with Gasteiger partial charge in [0.25, 0.3) is 0 Å². The maximum atomic E-state index is 11.8. The van der Waals surface area contributed by atoms with Crippen LogP contribution in [-0.4, -0.2) is 17.2 Å². The second-order valence-electron chi connectivity index (χ2n) is 5.55. The first-order chi connectivity index (χ1) is 11.3. The first-order valence-corrected chi connectivity index (χ1v) is 7.83. The molecule has 1 heterocycles. The van der Waals surface area contributed by atoms with Gasteiger partial charge in [0, 0.05) is 12.3 Å². The molecular formula is C19H19NO3. The molecule has 4 nitrogen and oxygen atoms in total. The van der Waals surface area contributed by atoms with Crippen molar-refractivity contribution in [2.45, 2.75) is 31.8 Å². The largest absolute Gasteiger partial charge is 0.515 e. The van der Waals surface area contributed by atoms with Gasteiger partial charge in [0.2, 0.25) is 5.88 Å². The number of aromatic nitrogens is 1.